The van der Waals surface area contributed by atoms with E-state index in [0.29, 0.717) is 43.3 Å². The Labute approximate surface area is 479 Å². The average Bonchev–Trinajstić information content (AvgIpc) is 4.22. The number of unbranched alkanes of at least 4 members (excludes halogenated alkanes) is 10. The molecule has 0 amide bonds. The van der Waals surface area contributed by atoms with E-state index in [1.807, 2.05) is 60.7 Å². The van der Waals surface area contributed by atoms with Crippen LogP contribution in [0, 0.1) is 19.8 Å². The van der Waals surface area contributed by atoms with Gasteiger partial charge < -0.3 is 28.4 Å². The summed E-state index contributed by atoms with van der Waals surface area (Å²) in [5, 5.41) is 0. The zero-order valence-electron chi connectivity index (χ0n) is 47.7. The molecule has 0 saturated heterocycles. The summed E-state index contributed by atoms with van der Waals surface area (Å²) in [5.41, 5.74) is 7.10. The van der Waals surface area contributed by atoms with Crippen LogP contribution in [0.25, 0.3) is 11.1 Å². The number of rotatable bonds is 30. The molecule has 0 aromatic heterocycles. The van der Waals surface area contributed by atoms with Gasteiger partial charge in [0.25, 0.3) is 0 Å². The van der Waals surface area contributed by atoms with Gasteiger partial charge >= 0.3 is 23.9 Å². The Morgan fingerprint density at radius 3 is 1.27 bits per heavy atom. The summed E-state index contributed by atoms with van der Waals surface area (Å²) in [5.74, 6) is 1.54. The first-order valence-electron chi connectivity index (χ1n) is 28.6. The first-order valence-corrected chi connectivity index (χ1v) is 28.6. The van der Waals surface area contributed by atoms with Gasteiger partial charge in [-0.25, -0.2) is 14.4 Å². The molecule has 2 aliphatic carbocycles. The van der Waals surface area contributed by atoms with Crippen LogP contribution in [0.3, 0.4) is 0 Å². The minimum atomic E-state index is -0.345. The van der Waals surface area contributed by atoms with Crippen molar-refractivity contribution in [3.05, 3.63) is 151 Å². The van der Waals surface area contributed by atoms with Crippen LogP contribution in [0.4, 0.5) is 0 Å². The minimum absolute atomic E-state index is 0. The second-order valence-corrected chi connectivity index (χ2v) is 20.3. The molecular formula is C67H92FeO10. The number of hydrogen-bond acceptors (Lipinski definition) is 10. The fourth-order valence-corrected chi connectivity index (χ4v) is 8.36. The molecule has 0 bridgehead atoms. The maximum Gasteiger partial charge on any atom is 0.333 e. The third-order valence-corrected chi connectivity index (χ3v) is 13.1. The van der Waals surface area contributed by atoms with E-state index in [-0.39, 0.29) is 46.9 Å². The van der Waals surface area contributed by atoms with E-state index in [1.165, 1.54) is 66.0 Å². The van der Waals surface area contributed by atoms with Crippen molar-refractivity contribution in [3.63, 3.8) is 0 Å². The Hall–Kier alpha value is -5.90. The molecule has 78 heavy (non-hydrogen) atoms. The Balaban J connectivity index is 0.000000384. The van der Waals surface area contributed by atoms with Crippen molar-refractivity contribution in [2.75, 3.05) is 33.0 Å². The van der Waals surface area contributed by atoms with Gasteiger partial charge in [0.05, 0.1) is 39.0 Å². The van der Waals surface area contributed by atoms with E-state index in [2.05, 4.69) is 70.0 Å². The summed E-state index contributed by atoms with van der Waals surface area (Å²) in [4.78, 5) is 45.2. The Bertz CT molecular complexity index is 2270. The van der Waals surface area contributed by atoms with Crippen molar-refractivity contribution in [1.29, 1.82) is 0 Å². The molecule has 10 nitrogen and oxygen atoms in total. The van der Waals surface area contributed by atoms with Gasteiger partial charge in [0.1, 0.15) is 17.2 Å². The second-order valence-electron chi connectivity index (χ2n) is 20.3. The Morgan fingerprint density at radius 1 is 0.462 bits per heavy atom. The van der Waals surface area contributed by atoms with Gasteiger partial charge in [0.15, 0.2) is 0 Å². The quantitative estimate of drug-likeness (QED) is 0.0124. The standard InChI is InChI=1S/C24H30O3.C22H30O4.C16H22O3.C5H10.Fe/c1-19(2)24(25)27-18-8-6-4-5-7-17-26-23-15-13-22(14-16-23)21-11-9-20(3)10-12-21;1-2-21(23)25-17-9-5-3-4-6-10-18-13-15-20(16-14-18)26-22(24)19-11-7-8-12-19;1-13(2)16(17)19-12-6-4-5-11-18-15-9-7-14(3)8-10-15;1-2-4-5-3-1;/h9-16H,1,4-8,17-18H2,2-3H3;2,13-16,19H,1,3-12,17H2;7-10H,1,4-6,11-12H2,2-3H3;1-5H2;. The second kappa shape index (κ2) is 43.0. The van der Waals surface area contributed by atoms with Crippen LogP contribution in [0.15, 0.2) is 134 Å². The van der Waals surface area contributed by atoms with Crippen LogP contribution in [-0.2, 0) is 56.9 Å². The zero-order chi connectivity index (χ0) is 55.7. The van der Waals surface area contributed by atoms with Gasteiger partial charge in [0, 0.05) is 34.3 Å². The molecule has 2 saturated carbocycles. The van der Waals surface area contributed by atoms with E-state index >= 15 is 0 Å². The molecule has 0 heterocycles. The molecule has 11 heteroatoms. The Morgan fingerprint density at radius 2 is 0.821 bits per heavy atom. The first-order chi connectivity index (χ1) is 37.3. The molecule has 0 spiro atoms. The van der Waals surface area contributed by atoms with Gasteiger partial charge in [-0.15, -0.1) is 0 Å². The fourth-order valence-electron chi connectivity index (χ4n) is 8.36. The van der Waals surface area contributed by atoms with Crippen LogP contribution in [0.1, 0.15) is 172 Å². The van der Waals surface area contributed by atoms with Gasteiger partial charge in [-0.3, -0.25) is 4.79 Å². The van der Waals surface area contributed by atoms with Crippen molar-refractivity contribution in [2.24, 2.45) is 5.92 Å². The summed E-state index contributed by atoms with van der Waals surface area (Å²) in [6, 6.07) is 32.7. The molecule has 0 unspecified atom stereocenters. The first kappa shape index (κ1) is 68.2. The van der Waals surface area contributed by atoms with Gasteiger partial charge in [-0.05, 0) is 145 Å². The molecule has 2 fully saturated rings. The number of hydrogen-bond donors (Lipinski definition) is 0. The van der Waals surface area contributed by atoms with Crippen molar-refractivity contribution in [1.82, 2.24) is 0 Å². The molecule has 6 rings (SSSR count). The molecule has 0 atom stereocenters. The minimum Gasteiger partial charge on any atom is -0.494 e. The third kappa shape index (κ3) is 32.7. The van der Waals surface area contributed by atoms with Gasteiger partial charge in [0.2, 0.25) is 0 Å². The van der Waals surface area contributed by atoms with Crippen LogP contribution < -0.4 is 14.2 Å². The molecule has 428 valence electrons. The van der Waals surface area contributed by atoms with Crippen LogP contribution in [0.5, 0.6) is 17.2 Å². The topological polar surface area (TPSA) is 124 Å². The summed E-state index contributed by atoms with van der Waals surface area (Å²) >= 11 is 0. The van der Waals surface area contributed by atoms with Crippen LogP contribution in [0.2, 0.25) is 0 Å². The SMILES string of the molecule is C1CCCC1.C=C(C)C(=O)OCCCCCCCOc1ccc(-c2ccc(C)cc2)cc1.C=C(C)C(=O)OCCCCCOc1ccc(C)cc1.C=CC(=O)OCCCCCCCc1ccc(OC(=O)C2CCCC2)cc1.[Fe]. The van der Waals surface area contributed by atoms with E-state index in [0.717, 1.165) is 134 Å². The molecule has 0 N–H and O–H groups in total. The molecule has 4 aromatic carbocycles. The maximum absolute atomic E-state index is 12.0. The number of carbonyl (C=O) groups excluding carboxylic acids is 4. The predicted octanol–water partition coefficient (Wildman–Crippen LogP) is 16.7. The van der Waals surface area contributed by atoms with E-state index < -0.39 is 0 Å². The summed E-state index contributed by atoms with van der Waals surface area (Å²) < 4.78 is 31.9. The zero-order valence-corrected chi connectivity index (χ0v) is 48.9. The average molecular weight is 1110 g/mol. The van der Waals surface area contributed by atoms with E-state index in [9.17, 15) is 19.2 Å². The predicted molar refractivity (Wildman–Crippen MR) is 312 cm³/mol. The summed E-state index contributed by atoms with van der Waals surface area (Å²) in [6.45, 7) is 20.8. The summed E-state index contributed by atoms with van der Waals surface area (Å²) in [6.07, 6.45) is 27.4. The number of aryl methyl sites for hydroxylation is 3. The van der Waals surface area contributed by atoms with E-state index in [4.69, 9.17) is 28.4 Å². The Kier molecular flexibility index (Phi) is 37.6. The molecular weight excluding hydrogens is 1020 g/mol. The van der Waals surface area contributed by atoms with Crippen molar-refractivity contribution < 1.29 is 64.7 Å². The number of benzene rings is 4. The van der Waals surface area contributed by atoms with Crippen LogP contribution >= 0.6 is 0 Å². The fraction of sp³-hybridized carbons (Fsp3) is 0.493. The van der Waals surface area contributed by atoms with Gasteiger partial charge in [-0.2, -0.15) is 0 Å². The van der Waals surface area contributed by atoms with Crippen molar-refractivity contribution >= 4 is 23.9 Å². The third-order valence-electron chi connectivity index (χ3n) is 13.1. The number of carbonyl (C=O) groups is 4. The number of ether oxygens (including phenoxy) is 6. The van der Waals surface area contributed by atoms with Crippen molar-refractivity contribution in [3.8, 4) is 28.4 Å². The molecule has 4 aromatic rings. The maximum atomic E-state index is 12.0. The largest absolute Gasteiger partial charge is 0.494 e. The van der Waals surface area contributed by atoms with Crippen molar-refractivity contribution in [2.45, 2.75) is 175 Å². The van der Waals surface area contributed by atoms with Crippen LogP contribution in [-0.4, -0.2) is 56.9 Å². The van der Waals surface area contributed by atoms with E-state index in [1.54, 1.807) is 13.8 Å². The molecule has 2 aliphatic rings. The molecule has 0 radical (unpaired) electrons. The normalized spacial score (nSPS) is 12.3. The smallest absolute Gasteiger partial charge is 0.333 e. The number of esters is 4. The molecule has 0 aliphatic heterocycles. The summed E-state index contributed by atoms with van der Waals surface area (Å²) in [7, 11) is 0. The monoisotopic (exact) mass is 1110 g/mol. The van der Waals surface area contributed by atoms with Gasteiger partial charge in [-0.1, -0.05) is 175 Å².